The summed E-state index contributed by atoms with van der Waals surface area (Å²) in [6, 6.07) is 38.4. The van der Waals surface area contributed by atoms with Gasteiger partial charge in [0, 0.05) is 57.6 Å². The van der Waals surface area contributed by atoms with Gasteiger partial charge in [-0.15, -0.1) is 0 Å². The van der Waals surface area contributed by atoms with Gasteiger partial charge in [-0.2, -0.15) is 0 Å². The highest BCUT2D eigenvalue weighted by atomic mass is 15.1. The van der Waals surface area contributed by atoms with Gasteiger partial charge >= 0.3 is 0 Å². The third-order valence-corrected chi connectivity index (χ3v) is 11.9. The summed E-state index contributed by atoms with van der Waals surface area (Å²) in [4.78, 5) is 6.93. The summed E-state index contributed by atoms with van der Waals surface area (Å²) in [7, 11) is 0. The second-order valence-electron chi connectivity index (χ2n) is 15.8. The molecule has 3 aliphatic rings. The number of hydrogen-bond acceptors (Lipinski definition) is 2. The first-order chi connectivity index (χ1) is 26.8. The van der Waals surface area contributed by atoms with Crippen molar-refractivity contribution in [2.45, 2.75) is 51.9 Å². The molecule has 3 nitrogen and oxygen atoms in total. The zero-order valence-corrected chi connectivity index (χ0v) is 32.2. The molecule has 2 heterocycles. The Morgan fingerprint density at radius 2 is 1.64 bits per heavy atom. The molecule has 2 aromatic heterocycles. The van der Waals surface area contributed by atoms with Gasteiger partial charge in [-0.1, -0.05) is 124 Å². The molecule has 0 saturated heterocycles. The minimum atomic E-state index is -0.0890. The van der Waals surface area contributed by atoms with E-state index in [-0.39, 0.29) is 11.3 Å². The zero-order valence-electron chi connectivity index (χ0n) is 32.2. The number of aromatic nitrogens is 2. The normalized spacial score (nSPS) is 18.4. The maximum absolute atomic E-state index is 4.47. The molecule has 3 aliphatic carbocycles. The third kappa shape index (κ3) is 6.05. The van der Waals surface area contributed by atoms with E-state index in [4.69, 9.17) is 0 Å². The molecule has 2 unspecified atom stereocenters. The number of hydrogen-bond donors (Lipinski definition) is 0. The lowest BCUT2D eigenvalue weighted by Crippen LogP contribution is -2.20. The summed E-state index contributed by atoms with van der Waals surface area (Å²) in [5.41, 5.74) is 17.8. The second-order valence-corrected chi connectivity index (χ2v) is 15.8. The smallest absolute Gasteiger partial charge is 0.0534 e. The molecular weight excluding hydrogens is 667 g/mol. The van der Waals surface area contributed by atoms with Crippen LogP contribution in [-0.4, -0.2) is 9.55 Å². The van der Waals surface area contributed by atoms with Crippen molar-refractivity contribution in [3.8, 4) is 11.1 Å². The van der Waals surface area contributed by atoms with Crippen LogP contribution in [0.15, 0.2) is 170 Å². The van der Waals surface area contributed by atoms with Crippen LogP contribution in [0.25, 0.3) is 39.4 Å². The molecule has 2 atom stereocenters. The molecule has 0 radical (unpaired) electrons. The van der Waals surface area contributed by atoms with Crippen molar-refractivity contribution < 1.29 is 0 Å². The van der Waals surface area contributed by atoms with E-state index in [1.54, 1.807) is 0 Å². The quantitative estimate of drug-likeness (QED) is 0.146. The van der Waals surface area contributed by atoms with Gasteiger partial charge in [0.2, 0.25) is 0 Å². The van der Waals surface area contributed by atoms with Gasteiger partial charge in [-0.3, -0.25) is 4.98 Å². The minimum Gasteiger partial charge on any atom is -0.314 e. The molecule has 0 N–H and O–H groups in total. The number of nitrogens with zero attached hydrogens (tertiary/aromatic N) is 3. The van der Waals surface area contributed by atoms with Gasteiger partial charge in [0.15, 0.2) is 0 Å². The van der Waals surface area contributed by atoms with Crippen molar-refractivity contribution >= 4 is 39.6 Å². The molecule has 3 heteroatoms. The van der Waals surface area contributed by atoms with E-state index in [0.717, 1.165) is 18.5 Å². The number of allylic oxidation sites excluding steroid dienone is 9. The summed E-state index contributed by atoms with van der Waals surface area (Å²) in [6.07, 6.45) is 23.4. The highest BCUT2D eigenvalue weighted by Gasteiger charge is 2.36. The van der Waals surface area contributed by atoms with Crippen LogP contribution in [0.3, 0.4) is 0 Å². The Balaban J connectivity index is 1.10. The van der Waals surface area contributed by atoms with Crippen molar-refractivity contribution in [3.05, 3.63) is 204 Å². The summed E-state index contributed by atoms with van der Waals surface area (Å²) in [5.74, 6) is 0.664. The molecule has 0 bridgehead atoms. The van der Waals surface area contributed by atoms with E-state index in [0.29, 0.717) is 5.92 Å². The number of para-hydroxylation sites is 1. The molecule has 0 aliphatic heterocycles. The monoisotopic (exact) mass is 713 g/mol. The third-order valence-electron chi connectivity index (χ3n) is 11.9. The fourth-order valence-corrected chi connectivity index (χ4v) is 9.19. The number of fused-ring (bicyclic) bond motifs is 6. The van der Waals surface area contributed by atoms with Gasteiger partial charge < -0.3 is 9.47 Å². The minimum absolute atomic E-state index is 0.0890. The Hall–Kier alpha value is -6.19. The highest BCUT2D eigenvalue weighted by Crippen LogP contribution is 2.50. The molecule has 55 heavy (non-hydrogen) atoms. The van der Waals surface area contributed by atoms with Gasteiger partial charge in [-0.25, -0.2) is 0 Å². The van der Waals surface area contributed by atoms with Crippen molar-refractivity contribution in [1.29, 1.82) is 0 Å². The van der Waals surface area contributed by atoms with Gasteiger partial charge in [0.25, 0.3) is 0 Å². The molecule has 0 amide bonds. The van der Waals surface area contributed by atoms with Gasteiger partial charge in [-0.05, 0) is 125 Å². The predicted octanol–water partition coefficient (Wildman–Crippen LogP) is 13.4. The maximum Gasteiger partial charge on any atom is 0.0534 e. The lowest BCUT2D eigenvalue weighted by Gasteiger charge is -2.32. The molecule has 0 spiro atoms. The van der Waals surface area contributed by atoms with Crippen molar-refractivity contribution in [3.63, 3.8) is 0 Å². The van der Waals surface area contributed by atoms with Crippen molar-refractivity contribution in [1.82, 2.24) is 9.55 Å². The van der Waals surface area contributed by atoms with Gasteiger partial charge in [0.05, 0.1) is 5.52 Å². The molecule has 4 aromatic carbocycles. The average molecular weight is 714 g/mol. The summed E-state index contributed by atoms with van der Waals surface area (Å²) >= 11 is 0. The van der Waals surface area contributed by atoms with E-state index >= 15 is 0 Å². The number of pyridine rings is 1. The van der Waals surface area contributed by atoms with E-state index < -0.39 is 0 Å². The summed E-state index contributed by atoms with van der Waals surface area (Å²) < 4.78 is 2.40. The van der Waals surface area contributed by atoms with Crippen LogP contribution in [-0.2, 0) is 11.8 Å². The van der Waals surface area contributed by atoms with Crippen LogP contribution in [0.5, 0.6) is 0 Å². The zero-order chi connectivity index (χ0) is 37.7. The van der Waals surface area contributed by atoms with Gasteiger partial charge in [0.1, 0.15) is 0 Å². The fraction of sp³-hybridized carbons (Fsp3) is 0.173. The topological polar surface area (TPSA) is 21.1 Å². The lowest BCUT2D eigenvalue weighted by molar-refractivity contribution is 0.660. The lowest BCUT2D eigenvalue weighted by atomic mass is 9.82. The molecule has 0 fully saturated rings. The highest BCUT2D eigenvalue weighted by molar-refractivity contribution is 5.92. The van der Waals surface area contributed by atoms with Crippen LogP contribution in [0, 0.1) is 5.92 Å². The Kier molecular flexibility index (Phi) is 8.74. The SMILES string of the molecule is C=C/C=C\C=C(/C)n1c2c(c3ccccc31)CC(c1ccc(N(C3=CC(C)CC(c4cccnc4)=C3)c3ccc4c(c3)C(C)(C)c3ccccc3-4)cc1)C=C2. The van der Waals surface area contributed by atoms with Crippen LogP contribution in [0.4, 0.5) is 11.4 Å². The Labute approximate surface area is 325 Å². The van der Waals surface area contributed by atoms with E-state index in [2.05, 4.69) is 182 Å². The molecule has 9 rings (SSSR count). The first kappa shape index (κ1) is 34.6. The first-order valence-corrected chi connectivity index (χ1v) is 19.6. The number of benzene rings is 4. The van der Waals surface area contributed by atoms with E-state index in [9.17, 15) is 0 Å². The molecule has 0 saturated carbocycles. The Morgan fingerprint density at radius 3 is 2.45 bits per heavy atom. The number of anilines is 2. The second kappa shape index (κ2) is 13.9. The molecule has 270 valence electrons. The Morgan fingerprint density at radius 1 is 0.855 bits per heavy atom. The number of rotatable bonds is 8. The summed E-state index contributed by atoms with van der Waals surface area (Å²) in [5, 5.41) is 1.33. The standard InChI is InChI=1S/C52H47N3/c1-6-7-8-14-36(3)54-50-19-12-10-17-46(50)47-32-38(22-27-51(47)54)37-20-23-41(24-21-37)55(43-30-35(2)29-40(31-43)39-15-13-28-53-34-39)42-25-26-45-44-16-9-11-18-48(44)52(4,5)49(45)33-42/h6-28,30-31,33-35,38H,1,29,32H2,2-5H3/b8-7-,36-14+. The predicted molar refractivity (Wildman–Crippen MR) is 233 cm³/mol. The van der Waals surface area contributed by atoms with Crippen molar-refractivity contribution in [2.75, 3.05) is 4.90 Å². The van der Waals surface area contributed by atoms with E-state index in [1.807, 2.05) is 30.6 Å². The maximum atomic E-state index is 4.47. The fourth-order valence-electron chi connectivity index (χ4n) is 9.19. The Bertz CT molecular complexity index is 2610. The van der Waals surface area contributed by atoms with Crippen molar-refractivity contribution in [2.24, 2.45) is 5.92 Å². The first-order valence-electron chi connectivity index (χ1n) is 19.6. The molecular formula is C52H47N3. The van der Waals surface area contributed by atoms with Crippen LogP contribution in [0.2, 0.25) is 0 Å². The average Bonchev–Trinajstić information content (AvgIpc) is 3.66. The molecule has 6 aromatic rings. The largest absolute Gasteiger partial charge is 0.314 e. The van der Waals surface area contributed by atoms with Crippen LogP contribution >= 0.6 is 0 Å². The van der Waals surface area contributed by atoms with Crippen LogP contribution < -0.4 is 4.90 Å². The summed E-state index contributed by atoms with van der Waals surface area (Å²) in [6.45, 7) is 13.1. The van der Waals surface area contributed by atoms with Crippen LogP contribution in [0.1, 0.15) is 73.5 Å². The van der Waals surface area contributed by atoms with E-state index in [1.165, 1.54) is 78.2 Å².